The minimum absolute atomic E-state index is 0.218. The molecule has 0 saturated carbocycles. The first-order valence-electron chi connectivity index (χ1n) is 5.39. The summed E-state index contributed by atoms with van der Waals surface area (Å²) >= 11 is 0. The fourth-order valence-corrected chi connectivity index (χ4v) is 1.45. The molecule has 0 fully saturated rings. The molecule has 90 valence electrons. The Morgan fingerprint density at radius 1 is 1.59 bits per heavy atom. The number of aromatic nitrogens is 2. The molecule has 0 atom stereocenters. The third-order valence-electron chi connectivity index (χ3n) is 2.37. The lowest BCUT2D eigenvalue weighted by Crippen LogP contribution is -2.22. The van der Waals surface area contributed by atoms with Gasteiger partial charge in [-0.1, -0.05) is 19.4 Å². The van der Waals surface area contributed by atoms with Crippen molar-refractivity contribution in [1.82, 2.24) is 5.16 Å². The van der Waals surface area contributed by atoms with E-state index < -0.39 is 5.97 Å². The van der Waals surface area contributed by atoms with Crippen molar-refractivity contribution in [3.8, 4) is 0 Å². The van der Waals surface area contributed by atoms with Gasteiger partial charge in [-0.05, 0) is 23.5 Å². The highest BCUT2D eigenvalue weighted by Crippen LogP contribution is 2.14. The van der Waals surface area contributed by atoms with E-state index in [0.29, 0.717) is 6.61 Å². The standard InChI is InChI=1S/C11H12N2O4/c1-2-3-7-16-11(14)8-5-4-6-9-10(8)12-17-13(9)15/h4-6H,2-3,7H2,1H3. The molecule has 1 heterocycles. The number of benzene rings is 1. The highest BCUT2D eigenvalue weighted by Gasteiger charge is 2.20. The largest absolute Gasteiger partial charge is 0.462 e. The first kappa shape index (κ1) is 11.4. The number of unbranched alkanes of at least 4 members (excludes halogenated alkanes) is 1. The van der Waals surface area contributed by atoms with Crippen LogP contribution in [0.5, 0.6) is 0 Å². The second-order valence-corrected chi connectivity index (χ2v) is 3.59. The van der Waals surface area contributed by atoms with E-state index in [-0.39, 0.29) is 21.5 Å². The molecule has 0 aliphatic heterocycles. The van der Waals surface area contributed by atoms with Crippen molar-refractivity contribution in [3.63, 3.8) is 0 Å². The summed E-state index contributed by atoms with van der Waals surface area (Å²) in [5.41, 5.74) is 0.691. The van der Waals surface area contributed by atoms with Crippen molar-refractivity contribution >= 4 is 17.0 Å². The van der Waals surface area contributed by atoms with Crippen molar-refractivity contribution < 1.29 is 19.1 Å². The van der Waals surface area contributed by atoms with E-state index in [0.717, 1.165) is 12.8 Å². The van der Waals surface area contributed by atoms with Crippen LogP contribution in [0.1, 0.15) is 30.1 Å². The molecule has 0 aliphatic carbocycles. The lowest BCUT2D eigenvalue weighted by atomic mass is 10.2. The summed E-state index contributed by atoms with van der Waals surface area (Å²) in [7, 11) is 0. The third-order valence-corrected chi connectivity index (χ3v) is 2.37. The van der Waals surface area contributed by atoms with Gasteiger partial charge in [0.05, 0.1) is 6.61 Å². The number of rotatable bonds is 4. The molecule has 6 nitrogen and oxygen atoms in total. The number of nitrogens with zero attached hydrogens (tertiary/aromatic N) is 2. The molecular formula is C11H12N2O4. The second kappa shape index (κ2) is 4.82. The first-order valence-corrected chi connectivity index (χ1v) is 5.39. The van der Waals surface area contributed by atoms with Crippen molar-refractivity contribution in [2.45, 2.75) is 19.8 Å². The molecule has 0 saturated heterocycles. The summed E-state index contributed by atoms with van der Waals surface area (Å²) in [4.78, 5) is 12.0. The summed E-state index contributed by atoms with van der Waals surface area (Å²) in [6.45, 7) is 2.37. The number of carbonyl (C=O) groups excluding carboxylic acids is 1. The maximum absolute atomic E-state index is 11.7. The summed E-state index contributed by atoms with van der Waals surface area (Å²) in [5.74, 6) is -0.488. The van der Waals surface area contributed by atoms with E-state index in [4.69, 9.17) is 4.74 Å². The van der Waals surface area contributed by atoms with Crippen LogP contribution in [0, 0.1) is 5.21 Å². The maximum atomic E-state index is 11.7. The third kappa shape index (κ3) is 2.20. The smallest absolute Gasteiger partial charge is 0.342 e. The Morgan fingerprint density at radius 2 is 2.41 bits per heavy atom. The number of esters is 1. The normalized spacial score (nSPS) is 10.6. The lowest BCUT2D eigenvalue weighted by molar-refractivity contribution is -0.782. The highest BCUT2D eigenvalue weighted by molar-refractivity contribution is 6.00. The number of carbonyl (C=O) groups is 1. The van der Waals surface area contributed by atoms with Gasteiger partial charge in [-0.2, -0.15) is 0 Å². The van der Waals surface area contributed by atoms with Crippen LogP contribution in [0.2, 0.25) is 0 Å². The molecule has 0 N–H and O–H groups in total. The van der Waals surface area contributed by atoms with Gasteiger partial charge in [-0.3, -0.25) is 4.63 Å². The average Bonchev–Trinajstić information content (AvgIpc) is 2.71. The first-order chi connectivity index (χ1) is 8.24. The van der Waals surface area contributed by atoms with Gasteiger partial charge >= 0.3 is 5.97 Å². The van der Waals surface area contributed by atoms with E-state index >= 15 is 0 Å². The highest BCUT2D eigenvalue weighted by atomic mass is 16.8. The van der Waals surface area contributed by atoms with Crippen LogP contribution in [-0.2, 0) is 4.74 Å². The van der Waals surface area contributed by atoms with E-state index in [1.165, 1.54) is 6.07 Å². The Hall–Kier alpha value is -2.11. The Morgan fingerprint density at radius 3 is 3.18 bits per heavy atom. The maximum Gasteiger partial charge on any atom is 0.342 e. The van der Waals surface area contributed by atoms with Crippen LogP contribution < -0.4 is 4.90 Å². The van der Waals surface area contributed by atoms with Crippen LogP contribution in [0.15, 0.2) is 22.8 Å². The molecule has 1 aromatic heterocycles. The van der Waals surface area contributed by atoms with Gasteiger partial charge in [0.1, 0.15) is 5.56 Å². The van der Waals surface area contributed by atoms with Crippen LogP contribution >= 0.6 is 0 Å². The zero-order chi connectivity index (χ0) is 12.3. The van der Waals surface area contributed by atoms with Crippen LogP contribution in [0.25, 0.3) is 11.0 Å². The SMILES string of the molecule is CCCCOC(=O)c1cccc2c1no[n+]2[O-]. The summed E-state index contributed by atoms with van der Waals surface area (Å²) in [6.07, 6.45) is 1.75. The molecule has 0 amide bonds. The van der Waals surface area contributed by atoms with Gasteiger partial charge in [0.15, 0.2) is 0 Å². The van der Waals surface area contributed by atoms with Gasteiger partial charge < -0.3 is 9.94 Å². The topological polar surface area (TPSA) is 79.3 Å². The Bertz CT molecular complexity index is 535. The molecular weight excluding hydrogens is 224 g/mol. The summed E-state index contributed by atoms with van der Waals surface area (Å²) in [6, 6.07) is 4.67. The van der Waals surface area contributed by atoms with Crippen molar-refractivity contribution in [2.75, 3.05) is 6.61 Å². The molecule has 17 heavy (non-hydrogen) atoms. The molecule has 0 spiro atoms. The van der Waals surface area contributed by atoms with Gasteiger partial charge in [0, 0.05) is 5.16 Å². The van der Waals surface area contributed by atoms with Gasteiger partial charge in [-0.25, -0.2) is 4.79 Å². The Labute approximate surface area is 97.3 Å². The molecule has 1 aromatic carbocycles. The number of ether oxygens (including phenoxy) is 1. The second-order valence-electron chi connectivity index (χ2n) is 3.59. The Kier molecular flexibility index (Phi) is 3.22. The summed E-state index contributed by atoms with van der Waals surface area (Å²) in [5, 5.41) is 14.7. The van der Waals surface area contributed by atoms with E-state index in [1.807, 2.05) is 6.92 Å². The minimum Gasteiger partial charge on any atom is -0.462 e. The molecule has 0 unspecified atom stereocenters. The lowest BCUT2D eigenvalue weighted by Gasteiger charge is -2.02. The zero-order valence-electron chi connectivity index (χ0n) is 9.38. The number of hydrogen-bond donors (Lipinski definition) is 0. The van der Waals surface area contributed by atoms with Gasteiger partial charge in [0.2, 0.25) is 5.52 Å². The molecule has 6 heteroatoms. The molecule has 2 aromatic rings. The van der Waals surface area contributed by atoms with Crippen molar-refractivity contribution in [2.24, 2.45) is 0 Å². The quantitative estimate of drug-likeness (QED) is 0.455. The van der Waals surface area contributed by atoms with E-state index in [9.17, 15) is 10.0 Å². The predicted molar refractivity (Wildman–Crippen MR) is 58.2 cm³/mol. The predicted octanol–water partition coefficient (Wildman–Crippen LogP) is 1.42. The monoisotopic (exact) mass is 236 g/mol. The number of fused-ring (bicyclic) bond motifs is 1. The van der Waals surface area contributed by atoms with Crippen LogP contribution in [0.3, 0.4) is 0 Å². The van der Waals surface area contributed by atoms with Crippen molar-refractivity contribution in [3.05, 3.63) is 29.0 Å². The molecule has 2 rings (SSSR count). The van der Waals surface area contributed by atoms with Crippen LogP contribution in [-0.4, -0.2) is 17.7 Å². The average molecular weight is 236 g/mol. The van der Waals surface area contributed by atoms with E-state index in [2.05, 4.69) is 9.79 Å². The van der Waals surface area contributed by atoms with Crippen molar-refractivity contribution in [1.29, 1.82) is 0 Å². The van der Waals surface area contributed by atoms with Crippen LogP contribution in [0.4, 0.5) is 0 Å². The van der Waals surface area contributed by atoms with Gasteiger partial charge in [0.25, 0.3) is 5.52 Å². The molecule has 0 radical (unpaired) electrons. The molecule has 0 bridgehead atoms. The fraction of sp³-hybridized carbons (Fsp3) is 0.364. The summed E-state index contributed by atoms with van der Waals surface area (Å²) < 4.78 is 9.49. The number of hydrogen-bond acceptors (Lipinski definition) is 5. The minimum atomic E-state index is -0.488. The fourth-order valence-electron chi connectivity index (χ4n) is 1.45. The Balaban J connectivity index is 2.26. The van der Waals surface area contributed by atoms with E-state index in [1.54, 1.807) is 12.1 Å². The molecule has 0 aliphatic rings. The zero-order valence-corrected chi connectivity index (χ0v) is 9.38. The van der Waals surface area contributed by atoms with Gasteiger partial charge in [-0.15, -0.1) is 0 Å².